The third-order valence-electron chi connectivity index (χ3n) is 2.76. The molecule has 0 spiro atoms. The van der Waals surface area contributed by atoms with E-state index in [0.29, 0.717) is 11.7 Å². The minimum atomic E-state index is -1.03. The average Bonchev–Trinajstić information content (AvgIpc) is 2.76. The standard InChI is InChI=1S/C10H14N2O3/c1-12-3-2-7(6-12)4-8-5-9(10(13)14)11-15-8/h5,7H,2-4,6H2,1H3,(H,13,14). The second-order valence-electron chi connectivity index (χ2n) is 4.10. The van der Waals surface area contributed by atoms with Gasteiger partial charge < -0.3 is 14.5 Å². The fourth-order valence-corrected chi connectivity index (χ4v) is 1.99. The van der Waals surface area contributed by atoms with E-state index in [1.807, 2.05) is 0 Å². The van der Waals surface area contributed by atoms with Crippen LogP contribution >= 0.6 is 0 Å². The molecule has 1 aliphatic rings. The summed E-state index contributed by atoms with van der Waals surface area (Å²) >= 11 is 0. The van der Waals surface area contributed by atoms with Crippen LogP contribution in [0.3, 0.4) is 0 Å². The van der Waals surface area contributed by atoms with Crippen molar-refractivity contribution in [3.05, 3.63) is 17.5 Å². The molecule has 0 bridgehead atoms. The molecule has 2 rings (SSSR count). The fourth-order valence-electron chi connectivity index (χ4n) is 1.99. The minimum Gasteiger partial charge on any atom is -0.476 e. The third-order valence-corrected chi connectivity index (χ3v) is 2.76. The highest BCUT2D eigenvalue weighted by Gasteiger charge is 2.22. The molecule has 1 atom stereocenters. The zero-order valence-corrected chi connectivity index (χ0v) is 8.64. The van der Waals surface area contributed by atoms with Crippen molar-refractivity contribution in [3.8, 4) is 0 Å². The van der Waals surface area contributed by atoms with E-state index < -0.39 is 5.97 Å². The Morgan fingerprint density at radius 2 is 2.60 bits per heavy atom. The van der Waals surface area contributed by atoms with Gasteiger partial charge in [0.05, 0.1) is 0 Å². The Bertz CT molecular complexity index is 361. The lowest BCUT2D eigenvalue weighted by molar-refractivity contribution is 0.0685. The molecule has 1 saturated heterocycles. The Kier molecular flexibility index (Phi) is 2.73. The molecule has 0 aliphatic carbocycles. The van der Waals surface area contributed by atoms with Crippen molar-refractivity contribution in [2.75, 3.05) is 20.1 Å². The van der Waals surface area contributed by atoms with Crippen molar-refractivity contribution >= 4 is 5.97 Å². The van der Waals surface area contributed by atoms with Crippen LogP contribution in [0.4, 0.5) is 0 Å². The topological polar surface area (TPSA) is 66.6 Å². The number of aromatic carboxylic acids is 1. The first-order valence-corrected chi connectivity index (χ1v) is 5.02. The zero-order valence-electron chi connectivity index (χ0n) is 8.64. The van der Waals surface area contributed by atoms with E-state index in [1.54, 1.807) is 0 Å². The van der Waals surface area contributed by atoms with Crippen LogP contribution in [0.2, 0.25) is 0 Å². The SMILES string of the molecule is CN1CCC(Cc2cc(C(=O)O)no2)C1. The molecule has 1 aliphatic heterocycles. The molecule has 1 N–H and O–H groups in total. The van der Waals surface area contributed by atoms with E-state index in [4.69, 9.17) is 9.63 Å². The van der Waals surface area contributed by atoms with Crippen LogP contribution in [0.15, 0.2) is 10.6 Å². The molecule has 5 nitrogen and oxygen atoms in total. The van der Waals surface area contributed by atoms with Crippen molar-refractivity contribution in [1.29, 1.82) is 0 Å². The van der Waals surface area contributed by atoms with Gasteiger partial charge in [0.1, 0.15) is 5.76 Å². The Labute approximate surface area is 87.7 Å². The number of carboxylic acid groups (broad SMARTS) is 1. The highest BCUT2D eigenvalue weighted by Crippen LogP contribution is 2.19. The summed E-state index contributed by atoms with van der Waals surface area (Å²) in [5.74, 6) is 0.200. The minimum absolute atomic E-state index is 0.00338. The van der Waals surface area contributed by atoms with Gasteiger partial charge in [-0.3, -0.25) is 0 Å². The number of rotatable bonds is 3. The number of hydrogen-bond acceptors (Lipinski definition) is 4. The van der Waals surface area contributed by atoms with Gasteiger partial charge in [0.2, 0.25) is 0 Å². The van der Waals surface area contributed by atoms with E-state index in [1.165, 1.54) is 6.07 Å². The largest absolute Gasteiger partial charge is 0.476 e. The Balaban J connectivity index is 1.96. The lowest BCUT2D eigenvalue weighted by Gasteiger charge is -2.07. The Morgan fingerprint density at radius 1 is 1.80 bits per heavy atom. The predicted octanol–water partition coefficient (Wildman–Crippen LogP) is 0.867. The van der Waals surface area contributed by atoms with Gasteiger partial charge in [0.15, 0.2) is 5.69 Å². The van der Waals surface area contributed by atoms with E-state index in [9.17, 15) is 4.79 Å². The van der Waals surface area contributed by atoms with Crippen LogP contribution in [0, 0.1) is 5.92 Å². The van der Waals surface area contributed by atoms with Crippen LogP contribution in [-0.2, 0) is 6.42 Å². The summed E-state index contributed by atoms with van der Waals surface area (Å²) in [5.41, 5.74) is -0.00338. The maximum atomic E-state index is 10.6. The molecule has 0 amide bonds. The molecular weight excluding hydrogens is 196 g/mol. The quantitative estimate of drug-likeness (QED) is 0.801. The molecular formula is C10H14N2O3. The molecule has 0 saturated carbocycles. The van der Waals surface area contributed by atoms with Crippen molar-refractivity contribution in [2.24, 2.45) is 5.92 Å². The van der Waals surface area contributed by atoms with E-state index in [0.717, 1.165) is 25.9 Å². The van der Waals surface area contributed by atoms with Crippen molar-refractivity contribution < 1.29 is 14.4 Å². The maximum Gasteiger partial charge on any atom is 0.358 e. The second kappa shape index (κ2) is 4.02. The number of aromatic nitrogens is 1. The highest BCUT2D eigenvalue weighted by atomic mass is 16.5. The molecule has 5 heteroatoms. The molecule has 1 aromatic heterocycles. The van der Waals surface area contributed by atoms with Gasteiger partial charge in [-0.2, -0.15) is 0 Å². The lowest BCUT2D eigenvalue weighted by Crippen LogP contribution is -2.14. The predicted molar refractivity (Wildman–Crippen MR) is 52.8 cm³/mol. The molecule has 1 fully saturated rings. The van der Waals surface area contributed by atoms with E-state index in [2.05, 4.69) is 17.1 Å². The number of carboxylic acids is 1. The highest BCUT2D eigenvalue weighted by molar-refractivity contribution is 5.85. The molecule has 1 aromatic rings. The number of nitrogens with zero attached hydrogens (tertiary/aromatic N) is 2. The lowest BCUT2D eigenvalue weighted by atomic mass is 10.0. The summed E-state index contributed by atoms with van der Waals surface area (Å²) < 4.78 is 4.97. The van der Waals surface area contributed by atoms with Gasteiger partial charge >= 0.3 is 5.97 Å². The normalized spacial score (nSPS) is 22.1. The fraction of sp³-hybridized carbons (Fsp3) is 0.600. The van der Waals surface area contributed by atoms with Gasteiger partial charge in [0, 0.05) is 19.0 Å². The van der Waals surface area contributed by atoms with E-state index in [-0.39, 0.29) is 5.69 Å². The number of likely N-dealkylation sites (tertiary alicyclic amines) is 1. The monoisotopic (exact) mass is 210 g/mol. The summed E-state index contributed by atoms with van der Waals surface area (Å²) in [5, 5.41) is 12.2. The van der Waals surface area contributed by atoms with Crippen LogP contribution in [0.25, 0.3) is 0 Å². The number of carbonyl (C=O) groups is 1. The van der Waals surface area contributed by atoms with Gasteiger partial charge in [0.25, 0.3) is 0 Å². The summed E-state index contributed by atoms with van der Waals surface area (Å²) in [6.07, 6.45) is 1.92. The molecule has 0 radical (unpaired) electrons. The smallest absolute Gasteiger partial charge is 0.358 e. The summed E-state index contributed by atoms with van der Waals surface area (Å²) in [6, 6.07) is 1.51. The van der Waals surface area contributed by atoms with Gasteiger partial charge in [-0.1, -0.05) is 5.16 Å². The first kappa shape index (κ1) is 10.2. The second-order valence-corrected chi connectivity index (χ2v) is 4.10. The van der Waals surface area contributed by atoms with Crippen LogP contribution in [-0.4, -0.2) is 41.3 Å². The third kappa shape index (κ3) is 2.36. The first-order chi connectivity index (χ1) is 7.15. The maximum absolute atomic E-state index is 10.6. The van der Waals surface area contributed by atoms with Crippen molar-refractivity contribution in [3.63, 3.8) is 0 Å². The molecule has 1 unspecified atom stereocenters. The molecule has 2 heterocycles. The summed E-state index contributed by atoms with van der Waals surface area (Å²) in [4.78, 5) is 12.8. The zero-order chi connectivity index (χ0) is 10.8. The Morgan fingerprint density at radius 3 is 3.13 bits per heavy atom. The van der Waals surface area contributed by atoms with Gasteiger partial charge in [-0.25, -0.2) is 4.79 Å². The average molecular weight is 210 g/mol. The van der Waals surface area contributed by atoms with Crippen LogP contribution in [0.5, 0.6) is 0 Å². The van der Waals surface area contributed by atoms with Gasteiger partial charge in [-0.15, -0.1) is 0 Å². The van der Waals surface area contributed by atoms with Crippen molar-refractivity contribution in [1.82, 2.24) is 10.1 Å². The summed E-state index contributed by atoms with van der Waals surface area (Å²) in [7, 11) is 2.09. The van der Waals surface area contributed by atoms with E-state index >= 15 is 0 Å². The summed E-state index contributed by atoms with van der Waals surface area (Å²) in [6.45, 7) is 2.15. The molecule has 82 valence electrons. The molecule has 0 aromatic carbocycles. The van der Waals surface area contributed by atoms with Crippen molar-refractivity contribution in [2.45, 2.75) is 12.8 Å². The number of hydrogen-bond donors (Lipinski definition) is 1. The van der Waals surface area contributed by atoms with Gasteiger partial charge in [-0.05, 0) is 25.9 Å². The Hall–Kier alpha value is -1.36. The first-order valence-electron chi connectivity index (χ1n) is 5.02. The van der Waals surface area contributed by atoms with Crippen LogP contribution < -0.4 is 0 Å². The van der Waals surface area contributed by atoms with Crippen LogP contribution in [0.1, 0.15) is 22.7 Å². The molecule has 15 heavy (non-hydrogen) atoms.